The van der Waals surface area contributed by atoms with E-state index in [0.717, 1.165) is 11.0 Å². The van der Waals surface area contributed by atoms with Gasteiger partial charge in [0.2, 0.25) is 0 Å². The molecule has 2 heterocycles. The number of nitrogens with zero attached hydrogens (tertiary/aromatic N) is 1. The van der Waals surface area contributed by atoms with E-state index in [-0.39, 0.29) is 11.7 Å². The van der Waals surface area contributed by atoms with E-state index in [0.29, 0.717) is 26.8 Å². The summed E-state index contributed by atoms with van der Waals surface area (Å²) < 4.78 is 5.75. The molecule has 0 fully saturated rings. The van der Waals surface area contributed by atoms with Crippen molar-refractivity contribution in [3.8, 4) is 11.4 Å². The van der Waals surface area contributed by atoms with E-state index in [9.17, 15) is 4.79 Å². The zero-order valence-corrected chi connectivity index (χ0v) is 15.1. The lowest BCUT2D eigenvalue weighted by molar-refractivity contribution is 0.0995. The highest BCUT2D eigenvalue weighted by molar-refractivity contribution is 9.10. The van der Waals surface area contributed by atoms with Crippen LogP contribution in [0.1, 0.15) is 10.6 Å². The van der Waals surface area contributed by atoms with Gasteiger partial charge in [0, 0.05) is 11.3 Å². The zero-order chi connectivity index (χ0) is 17.4. The highest BCUT2D eigenvalue weighted by Gasteiger charge is 2.14. The van der Waals surface area contributed by atoms with Gasteiger partial charge in [-0.2, -0.15) is 0 Å². The number of benzene rings is 2. The normalized spacial score (nSPS) is 11.0. The molecule has 25 heavy (non-hydrogen) atoms. The van der Waals surface area contributed by atoms with E-state index >= 15 is 0 Å². The minimum Gasteiger partial charge on any atom is -0.444 e. The Kier molecular flexibility index (Phi) is 4.07. The first kappa shape index (κ1) is 15.9. The molecule has 2 N–H and O–H groups in total. The van der Waals surface area contributed by atoms with Crippen molar-refractivity contribution >= 4 is 50.2 Å². The number of carbonyl (C=O) groups is 1. The summed E-state index contributed by atoms with van der Waals surface area (Å²) in [4.78, 5) is 20.0. The summed E-state index contributed by atoms with van der Waals surface area (Å²) in [6.45, 7) is 0. The van der Waals surface area contributed by atoms with E-state index in [4.69, 9.17) is 16.0 Å². The Bertz CT molecular complexity index is 1050. The van der Waals surface area contributed by atoms with Crippen LogP contribution < -0.4 is 5.32 Å². The number of H-pyrrole nitrogens is 1. The van der Waals surface area contributed by atoms with Gasteiger partial charge in [0.25, 0.3) is 5.91 Å². The number of nitrogens with one attached hydrogen (secondary N) is 2. The van der Waals surface area contributed by atoms with Crippen molar-refractivity contribution in [1.82, 2.24) is 9.97 Å². The van der Waals surface area contributed by atoms with Crippen LogP contribution >= 0.6 is 27.5 Å². The van der Waals surface area contributed by atoms with Crippen LogP contribution in [0.15, 0.2) is 63.7 Å². The molecule has 5 nitrogen and oxygen atoms in total. The van der Waals surface area contributed by atoms with Crippen LogP contribution in [0, 0.1) is 0 Å². The number of amides is 1. The number of imidazole rings is 1. The Morgan fingerprint density at radius 3 is 2.76 bits per heavy atom. The van der Waals surface area contributed by atoms with Gasteiger partial charge >= 0.3 is 0 Å². The quantitative estimate of drug-likeness (QED) is 0.464. The lowest BCUT2D eigenvalue weighted by Gasteiger charge is -2.07. The number of para-hydroxylation sites is 2. The second kappa shape index (κ2) is 6.38. The van der Waals surface area contributed by atoms with Crippen LogP contribution in [-0.4, -0.2) is 15.9 Å². The minimum atomic E-state index is -0.344. The summed E-state index contributed by atoms with van der Waals surface area (Å²) in [6.07, 6.45) is 0. The molecular weight excluding hydrogens is 406 g/mol. The third kappa shape index (κ3) is 3.18. The number of aromatic amines is 1. The van der Waals surface area contributed by atoms with Gasteiger partial charge in [-0.1, -0.05) is 23.7 Å². The third-order valence-corrected chi connectivity index (χ3v) is 4.42. The summed E-state index contributed by atoms with van der Waals surface area (Å²) in [5.74, 6) is 0.513. The first-order chi connectivity index (χ1) is 12.1. The molecule has 4 rings (SSSR count). The van der Waals surface area contributed by atoms with Gasteiger partial charge in [0.05, 0.1) is 16.1 Å². The highest BCUT2D eigenvalue weighted by atomic mass is 79.9. The second-order valence-electron chi connectivity index (χ2n) is 5.36. The molecule has 0 saturated carbocycles. The first-order valence-electron chi connectivity index (χ1n) is 7.41. The lowest BCUT2D eigenvalue weighted by Crippen LogP contribution is -2.10. The number of anilines is 1. The van der Waals surface area contributed by atoms with Crippen LogP contribution in [0.5, 0.6) is 0 Å². The second-order valence-corrected chi connectivity index (χ2v) is 6.54. The summed E-state index contributed by atoms with van der Waals surface area (Å²) in [5, 5.41) is 3.33. The Hall–Kier alpha value is -2.57. The predicted molar refractivity (Wildman–Crippen MR) is 101 cm³/mol. The highest BCUT2D eigenvalue weighted by Crippen LogP contribution is 2.30. The molecule has 0 spiro atoms. The third-order valence-electron chi connectivity index (χ3n) is 3.67. The number of aromatic nitrogens is 2. The number of hydrogen-bond donors (Lipinski definition) is 2. The standard InChI is InChI=1S/C18H11BrClN3O2/c19-16-8-7-15(25-16)18(24)21-10-5-6-12(20)11(9-10)17-22-13-3-1-2-4-14(13)23-17/h1-9H,(H,21,24)(H,22,23). The number of furan rings is 1. The van der Waals surface area contributed by atoms with Crippen molar-refractivity contribution in [1.29, 1.82) is 0 Å². The number of fused-ring (bicyclic) bond motifs is 1. The summed E-state index contributed by atoms with van der Waals surface area (Å²) in [5.41, 5.74) is 3.07. The Balaban J connectivity index is 1.67. The molecule has 0 aliphatic heterocycles. The molecule has 4 aromatic rings. The Morgan fingerprint density at radius 1 is 1.16 bits per heavy atom. The molecule has 7 heteroatoms. The molecule has 1 amide bonds. The monoisotopic (exact) mass is 415 g/mol. The van der Waals surface area contributed by atoms with Gasteiger partial charge in [0.15, 0.2) is 10.4 Å². The van der Waals surface area contributed by atoms with Gasteiger partial charge in [-0.3, -0.25) is 4.79 Å². The Morgan fingerprint density at radius 2 is 2.00 bits per heavy atom. The number of carbonyl (C=O) groups excluding carboxylic acids is 1. The zero-order valence-electron chi connectivity index (χ0n) is 12.7. The number of rotatable bonds is 3. The molecule has 0 radical (unpaired) electrons. The summed E-state index contributed by atoms with van der Waals surface area (Å²) in [6, 6.07) is 16.2. The largest absolute Gasteiger partial charge is 0.444 e. The molecule has 0 bridgehead atoms. The van der Waals surface area contributed by atoms with E-state index in [1.165, 1.54) is 0 Å². The van der Waals surface area contributed by atoms with Crippen molar-refractivity contribution in [2.24, 2.45) is 0 Å². The summed E-state index contributed by atoms with van der Waals surface area (Å²) >= 11 is 9.50. The van der Waals surface area contributed by atoms with Crippen molar-refractivity contribution in [2.75, 3.05) is 5.32 Å². The van der Waals surface area contributed by atoms with Crippen molar-refractivity contribution in [3.63, 3.8) is 0 Å². The Labute approximate surface area is 156 Å². The molecule has 124 valence electrons. The van der Waals surface area contributed by atoms with Crippen molar-refractivity contribution < 1.29 is 9.21 Å². The maximum Gasteiger partial charge on any atom is 0.291 e. The number of halogens is 2. The molecule has 0 aliphatic rings. The van der Waals surface area contributed by atoms with Crippen molar-refractivity contribution in [3.05, 3.63) is 70.0 Å². The average molecular weight is 417 g/mol. The molecule has 0 unspecified atom stereocenters. The van der Waals surface area contributed by atoms with Crippen LogP contribution in [0.25, 0.3) is 22.4 Å². The van der Waals surface area contributed by atoms with E-state index in [1.807, 2.05) is 24.3 Å². The number of hydrogen-bond acceptors (Lipinski definition) is 3. The molecule has 0 saturated heterocycles. The van der Waals surface area contributed by atoms with Crippen LogP contribution in [0.2, 0.25) is 5.02 Å². The maximum absolute atomic E-state index is 12.2. The molecule has 0 atom stereocenters. The maximum atomic E-state index is 12.2. The first-order valence-corrected chi connectivity index (χ1v) is 8.58. The fourth-order valence-corrected chi connectivity index (χ4v) is 3.01. The molecule has 2 aromatic carbocycles. The van der Waals surface area contributed by atoms with Gasteiger partial charge in [0.1, 0.15) is 5.82 Å². The van der Waals surface area contributed by atoms with Crippen LogP contribution in [0.4, 0.5) is 5.69 Å². The van der Waals surface area contributed by atoms with Crippen LogP contribution in [0.3, 0.4) is 0 Å². The molecule has 2 aromatic heterocycles. The van der Waals surface area contributed by atoms with Crippen LogP contribution in [-0.2, 0) is 0 Å². The van der Waals surface area contributed by atoms with E-state index in [1.54, 1.807) is 30.3 Å². The molecular formula is C18H11BrClN3O2. The topological polar surface area (TPSA) is 70.9 Å². The SMILES string of the molecule is O=C(Nc1ccc(Cl)c(-c2nc3ccccc3[nH]2)c1)c1ccc(Br)o1. The van der Waals surface area contributed by atoms with Crippen molar-refractivity contribution in [2.45, 2.75) is 0 Å². The summed E-state index contributed by atoms with van der Waals surface area (Å²) in [7, 11) is 0. The smallest absolute Gasteiger partial charge is 0.291 e. The fraction of sp³-hybridized carbons (Fsp3) is 0. The fourth-order valence-electron chi connectivity index (χ4n) is 2.49. The van der Waals surface area contributed by atoms with Gasteiger partial charge < -0.3 is 14.7 Å². The van der Waals surface area contributed by atoms with E-state index in [2.05, 4.69) is 31.2 Å². The molecule has 0 aliphatic carbocycles. The van der Waals surface area contributed by atoms with Gasteiger partial charge in [-0.05, 0) is 58.4 Å². The predicted octanol–water partition coefficient (Wildman–Crippen LogP) is 5.49. The minimum absolute atomic E-state index is 0.215. The van der Waals surface area contributed by atoms with E-state index < -0.39 is 0 Å². The van der Waals surface area contributed by atoms with Gasteiger partial charge in [-0.15, -0.1) is 0 Å². The lowest BCUT2D eigenvalue weighted by atomic mass is 10.2. The van der Waals surface area contributed by atoms with Gasteiger partial charge in [-0.25, -0.2) is 4.98 Å². The average Bonchev–Trinajstić information content (AvgIpc) is 3.22.